The molecule has 0 aliphatic rings. The summed E-state index contributed by atoms with van der Waals surface area (Å²) in [7, 11) is 0. The number of carbonyl (C=O) groups excluding carboxylic acids is 1. The molecule has 116 valence electrons. The summed E-state index contributed by atoms with van der Waals surface area (Å²) < 4.78 is 0. The molecular formula is C16H17NO3S2. The van der Waals surface area contributed by atoms with Gasteiger partial charge in [0.2, 0.25) is 5.91 Å². The van der Waals surface area contributed by atoms with E-state index in [1.54, 1.807) is 30.3 Å². The van der Waals surface area contributed by atoms with E-state index in [1.165, 1.54) is 23.5 Å². The summed E-state index contributed by atoms with van der Waals surface area (Å²) in [5, 5.41) is 22.0. The first-order valence-corrected chi connectivity index (χ1v) is 8.72. The van der Waals surface area contributed by atoms with Gasteiger partial charge >= 0.3 is 0 Å². The van der Waals surface area contributed by atoms with Crippen LogP contribution in [0.25, 0.3) is 0 Å². The Morgan fingerprint density at radius 1 is 0.909 bits per heavy atom. The summed E-state index contributed by atoms with van der Waals surface area (Å²) in [5.74, 6) is 1.32. The Morgan fingerprint density at radius 2 is 1.45 bits per heavy atom. The number of para-hydroxylation sites is 2. The van der Waals surface area contributed by atoms with Crippen LogP contribution in [0.1, 0.15) is 0 Å². The van der Waals surface area contributed by atoms with Crippen molar-refractivity contribution in [1.29, 1.82) is 0 Å². The number of thioether (sulfide) groups is 2. The van der Waals surface area contributed by atoms with E-state index >= 15 is 0 Å². The number of hydrogen-bond donors (Lipinski definition) is 3. The van der Waals surface area contributed by atoms with Gasteiger partial charge in [0.1, 0.15) is 11.5 Å². The van der Waals surface area contributed by atoms with Crippen LogP contribution in [-0.2, 0) is 4.79 Å². The van der Waals surface area contributed by atoms with Crippen LogP contribution in [0, 0.1) is 0 Å². The Morgan fingerprint density at radius 3 is 2.05 bits per heavy atom. The van der Waals surface area contributed by atoms with Crippen molar-refractivity contribution in [3.05, 3.63) is 48.5 Å². The highest BCUT2D eigenvalue weighted by Gasteiger charge is 2.06. The van der Waals surface area contributed by atoms with E-state index in [9.17, 15) is 15.0 Å². The van der Waals surface area contributed by atoms with Crippen molar-refractivity contribution in [2.24, 2.45) is 0 Å². The zero-order valence-corrected chi connectivity index (χ0v) is 13.5. The molecule has 1 amide bonds. The number of carbonyl (C=O) groups is 1. The second-order valence-electron chi connectivity index (χ2n) is 4.42. The molecule has 0 aliphatic carbocycles. The van der Waals surface area contributed by atoms with Crippen LogP contribution < -0.4 is 5.32 Å². The zero-order chi connectivity index (χ0) is 15.8. The molecule has 0 saturated heterocycles. The molecule has 0 heterocycles. The number of rotatable bonds is 7. The summed E-state index contributed by atoms with van der Waals surface area (Å²) in [6.45, 7) is 0.527. The smallest absolute Gasteiger partial charge is 0.230 e. The minimum atomic E-state index is -0.0777. The predicted molar refractivity (Wildman–Crippen MR) is 90.7 cm³/mol. The minimum Gasteiger partial charge on any atom is -0.507 e. The van der Waals surface area contributed by atoms with Crippen LogP contribution >= 0.6 is 23.5 Å². The quantitative estimate of drug-likeness (QED) is 0.536. The molecule has 0 atom stereocenters. The SMILES string of the molecule is O=C(CSc1ccccc1O)NCCSc1ccccc1O. The average molecular weight is 335 g/mol. The van der Waals surface area contributed by atoms with Crippen LogP contribution in [0.5, 0.6) is 11.5 Å². The van der Waals surface area contributed by atoms with Gasteiger partial charge in [-0.1, -0.05) is 24.3 Å². The number of benzene rings is 2. The summed E-state index contributed by atoms with van der Waals surface area (Å²) >= 11 is 2.80. The van der Waals surface area contributed by atoms with E-state index < -0.39 is 0 Å². The molecule has 4 nitrogen and oxygen atoms in total. The third kappa shape index (κ3) is 5.20. The maximum atomic E-state index is 11.7. The zero-order valence-electron chi connectivity index (χ0n) is 11.9. The monoisotopic (exact) mass is 335 g/mol. The highest BCUT2D eigenvalue weighted by molar-refractivity contribution is 8.00. The van der Waals surface area contributed by atoms with Gasteiger partial charge in [-0.25, -0.2) is 0 Å². The number of phenols is 2. The second-order valence-corrected chi connectivity index (χ2v) is 6.58. The lowest BCUT2D eigenvalue weighted by Crippen LogP contribution is -2.27. The van der Waals surface area contributed by atoms with E-state index in [4.69, 9.17) is 0 Å². The van der Waals surface area contributed by atoms with Crippen molar-refractivity contribution in [1.82, 2.24) is 5.32 Å². The van der Waals surface area contributed by atoms with Gasteiger partial charge in [0.25, 0.3) is 0 Å². The Balaban J connectivity index is 1.66. The van der Waals surface area contributed by atoms with Gasteiger partial charge in [-0.05, 0) is 24.3 Å². The summed E-state index contributed by atoms with van der Waals surface area (Å²) in [6, 6.07) is 14.1. The first-order valence-electron chi connectivity index (χ1n) is 6.75. The number of amides is 1. The predicted octanol–water partition coefficient (Wildman–Crippen LogP) is 3.10. The average Bonchev–Trinajstić information content (AvgIpc) is 2.52. The van der Waals surface area contributed by atoms with Gasteiger partial charge in [0.05, 0.1) is 5.75 Å². The molecular weight excluding hydrogens is 318 g/mol. The van der Waals surface area contributed by atoms with Crippen molar-refractivity contribution in [3.63, 3.8) is 0 Å². The van der Waals surface area contributed by atoms with E-state index in [0.29, 0.717) is 17.2 Å². The summed E-state index contributed by atoms with van der Waals surface area (Å²) in [4.78, 5) is 13.2. The summed E-state index contributed by atoms with van der Waals surface area (Å²) in [5.41, 5.74) is 0. The summed E-state index contributed by atoms with van der Waals surface area (Å²) in [6.07, 6.45) is 0. The fraction of sp³-hybridized carbons (Fsp3) is 0.188. The standard InChI is InChI=1S/C16H17NO3S2/c18-12-5-1-3-7-14(12)21-10-9-17-16(20)11-22-15-8-4-2-6-13(15)19/h1-8,18-19H,9-11H2,(H,17,20). The Kier molecular flexibility index (Phi) is 6.48. The third-order valence-electron chi connectivity index (χ3n) is 2.77. The number of phenolic OH excluding ortho intramolecular Hbond substituents is 2. The third-order valence-corrected chi connectivity index (χ3v) is 4.90. The molecule has 0 unspecified atom stereocenters. The number of hydrogen-bond acceptors (Lipinski definition) is 5. The molecule has 0 saturated carbocycles. The fourth-order valence-electron chi connectivity index (χ4n) is 1.70. The maximum absolute atomic E-state index is 11.7. The Hall–Kier alpha value is -1.79. The van der Waals surface area contributed by atoms with E-state index in [0.717, 1.165) is 4.90 Å². The molecule has 0 aliphatic heterocycles. The second kappa shape index (κ2) is 8.60. The molecule has 0 radical (unpaired) electrons. The Labute approximate surface area is 137 Å². The lowest BCUT2D eigenvalue weighted by molar-refractivity contribution is -0.118. The fourth-order valence-corrected chi connectivity index (χ4v) is 3.30. The van der Waals surface area contributed by atoms with Crippen LogP contribution in [0.3, 0.4) is 0 Å². The number of nitrogens with one attached hydrogen (secondary N) is 1. The molecule has 2 rings (SSSR count). The van der Waals surface area contributed by atoms with Crippen molar-refractivity contribution >= 4 is 29.4 Å². The van der Waals surface area contributed by atoms with Gasteiger partial charge in [-0.3, -0.25) is 4.79 Å². The molecule has 0 spiro atoms. The van der Waals surface area contributed by atoms with Gasteiger partial charge in [0, 0.05) is 22.1 Å². The minimum absolute atomic E-state index is 0.0777. The molecule has 2 aromatic rings. The lowest BCUT2D eigenvalue weighted by atomic mass is 10.3. The van der Waals surface area contributed by atoms with Crippen molar-refractivity contribution in [2.45, 2.75) is 9.79 Å². The van der Waals surface area contributed by atoms with Crippen molar-refractivity contribution in [3.8, 4) is 11.5 Å². The van der Waals surface area contributed by atoms with Crippen molar-refractivity contribution in [2.75, 3.05) is 18.1 Å². The van der Waals surface area contributed by atoms with E-state index in [1.807, 2.05) is 18.2 Å². The lowest BCUT2D eigenvalue weighted by Gasteiger charge is -2.07. The molecule has 0 bridgehead atoms. The Bertz CT molecular complexity index is 634. The largest absolute Gasteiger partial charge is 0.507 e. The van der Waals surface area contributed by atoms with E-state index in [-0.39, 0.29) is 23.2 Å². The topological polar surface area (TPSA) is 69.6 Å². The highest BCUT2D eigenvalue weighted by atomic mass is 32.2. The first kappa shape index (κ1) is 16.6. The molecule has 6 heteroatoms. The molecule has 2 aromatic carbocycles. The van der Waals surface area contributed by atoms with Crippen LogP contribution in [-0.4, -0.2) is 34.2 Å². The van der Waals surface area contributed by atoms with Crippen molar-refractivity contribution < 1.29 is 15.0 Å². The first-order chi connectivity index (χ1) is 10.7. The maximum Gasteiger partial charge on any atom is 0.230 e. The highest BCUT2D eigenvalue weighted by Crippen LogP contribution is 2.28. The molecule has 0 fully saturated rings. The van der Waals surface area contributed by atoms with Gasteiger partial charge in [-0.15, -0.1) is 23.5 Å². The van der Waals surface area contributed by atoms with Crippen LogP contribution in [0.2, 0.25) is 0 Å². The molecule has 3 N–H and O–H groups in total. The van der Waals surface area contributed by atoms with Gasteiger partial charge < -0.3 is 15.5 Å². The molecule has 22 heavy (non-hydrogen) atoms. The molecule has 0 aromatic heterocycles. The number of aromatic hydroxyl groups is 2. The van der Waals surface area contributed by atoms with E-state index in [2.05, 4.69) is 5.32 Å². The van der Waals surface area contributed by atoms with Gasteiger partial charge in [0.15, 0.2) is 0 Å². The van der Waals surface area contributed by atoms with Crippen LogP contribution in [0.15, 0.2) is 58.3 Å². The normalized spacial score (nSPS) is 10.4. The van der Waals surface area contributed by atoms with Crippen LogP contribution in [0.4, 0.5) is 0 Å². The van der Waals surface area contributed by atoms with Gasteiger partial charge in [-0.2, -0.15) is 0 Å².